The molecule has 0 amide bonds. The summed E-state index contributed by atoms with van der Waals surface area (Å²) in [6, 6.07) is 0. The summed E-state index contributed by atoms with van der Waals surface area (Å²) in [4.78, 5) is 0. The van der Waals surface area contributed by atoms with E-state index < -0.39 is 12.1 Å². The van der Waals surface area contributed by atoms with Crippen molar-refractivity contribution in [1.29, 1.82) is 0 Å². The lowest BCUT2D eigenvalue weighted by Crippen LogP contribution is -2.43. The minimum atomic E-state index is -4.11. The van der Waals surface area contributed by atoms with Gasteiger partial charge in [0.1, 0.15) is 0 Å². The highest BCUT2D eigenvalue weighted by Gasteiger charge is 2.53. The number of nitrogens with two attached hydrogens (primary N) is 1. The molecule has 2 N–H and O–H groups in total. The molecule has 2 fully saturated rings. The second kappa shape index (κ2) is 4.43. The summed E-state index contributed by atoms with van der Waals surface area (Å²) in [6.45, 7) is 4.33. The lowest BCUT2D eigenvalue weighted by atomic mass is 9.68. The van der Waals surface area contributed by atoms with E-state index in [-0.39, 0.29) is 36.9 Å². The topological polar surface area (TPSA) is 35.2 Å². The third-order valence-corrected chi connectivity index (χ3v) is 4.58. The van der Waals surface area contributed by atoms with E-state index in [0.29, 0.717) is 12.5 Å². The molecular weight excluding hydrogens is 231 g/mol. The second-order valence-corrected chi connectivity index (χ2v) is 5.52. The van der Waals surface area contributed by atoms with Crippen LogP contribution in [0.25, 0.3) is 0 Å². The van der Waals surface area contributed by atoms with Crippen molar-refractivity contribution in [3.8, 4) is 0 Å². The first-order valence-electron chi connectivity index (χ1n) is 6.26. The third-order valence-electron chi connectivity index (χ3n) is 4.58. The lowest BCUT2D eigenvalue weighted by Gasteiger charge is -2.39. The summed E-state index contributed by atoms with van der Waals surface area (Å²) in [7, 11) is 0. The summed E-state index contributed by atoms with van der Waals surface area (Å²) >= 11 is 0. The summed E-state index contributed by atoms with van der Waals surface area (Å²) in [5.74, 6) is -0.786. The van der Waals surface area contributed by atoms with E-state index in [4.69, 9.17) is 10.5 Å². The predicted molar refractivity (Wildman–Crippen MR) is 58.3 cm³/mol. The van der Waals surface area contributed by atoms with Gasteiger partial charge in [-0.05, 0) is 44.1 Å². The van der Waals surface area contributed by atoms with Gasteiger partial charge in [-0.25, -0.2) is 0 Å². The molecule has 0 spiro atoms. The molecule has 1 aliphatic heterocycles. The molecule has 0 aromatic rings. The number of hydrogen-bond donors (Lipinski definition) is 1. The van der Waals surface area contributed by atoms with Crippen LogP contribution >= 0.6 is 0 Å². The number of fused-ring (bicyclic) bond motifs is 1. The third kappa shape index (κ3) is 2.32. The molecule has 2 nitrogen and oxygen atoms in total. The molecule has 100 valence electrons. The van der Waals surface area contributed by atoms with Crippen molar-refractivity contribution in [2.45, 2.75) is 45.1 Å². The zero-order valence-corrected chi connectivity index (χ0v) is 10.2. The van der Waals surface area contributed by atoms with Gasteiger partial charge in [0.2, 0.25) is 0 Å². The normalized spacial score (nSPS) is 46.9. The average molecular weight is 251 g/mol. The van der Waals surface area contributed by atoms with E-state index in [1.165, 1.54) is 0 Å². The number of halogens is 3. The summed E-state index contributed by atoms with van der Waals surface area (Å²) in [6.07, 6.45) is -4.04. The van der Waals surface area contributed by atoms with Crippen LogP contribution < -0.4 is 5.73 Å². The first-order chi connectivity index (χ1) is 7.84. The van der Waals surface area contributed by atoms with Gasteiger partial charge < -0.3 is 10.5 Å². The van der Waals surface area contributed by atoms with Crippen LogP contribution in [0, 0.1) is 23.7 Å². The highest BCUT2D eigenvalue weighted by molar-refractivity contribution is 4.97. The molecule has 0 aromatic heterocycles. The first kappa shape index (κ1) is 13.1. The Labute approximate surface area is 99.7 Å². The van der Waals surface area contributed by atoms with Crippen molar-refractivity contribution < 1.29 is 17.9 Å². The Kier molecular flexibility index (Phi) is 3.42. The zero-order chi connectivity index (χ0) is 12.8. The highest BCUT2D eigenvalue weighted by atomic mass is 19.4. The van der Waals surface area contributed by atoms with Crippen LogP contribution in [0.4, 0.5) is 13.2 Å². The molecule has 0 aromatic carbocycles. The molecule has 1 aliphatic carbocycles. The van der Waals surface area contributed by atoms with E-state index in [1.807, 2.05) is 6.92 Å². The number of hydrogen-bond acceptors (Lipinski definition) is 2. The monoisotopic (exact) mass is 251 g/mol. The fraction of sp³-hybridized carbons (Fsp3) is 1.00. The Morgan fingerprint density at radius 2 is 1.88 bits per heavy atom. The van der Waals surface area contributed by atoms with Crippen LogP contribution in [0.2, 0.25) is 0 Å². The molecule has 1 saturated carbocycles. The fourth-order valence-corrected chi connectivity index (χ4v) is 3.51. The molecule has 5 heteroatoms. The van der Waals surface area contributed by atoms with Gasteiger partial charge in [0, 0.05) is 0 Å². The molecule has 2 aliphatic rings. The van der Waals surface area contributed by atoms with Crippen molar-refractivity contribution in [2.24, 2.45) is 29.4 Å². The van der Waals surface area contributed by atoms with Crippen LogP contribution in [-0.4, -0.2) is 24.9 Å². The second-order valence-electron chi connectivity index (χ2n) is 5.52. The van der Waals surface area contributed by atoms with Gasteiger partial charge in [-0.15, -0.1) is 0 Å². The molecule has 6 atom stereocenters. The van der Waals surface area contributed by atoms with Crippen molar-refractivity contribution in [3.63, 3.8) is 0 Å². The van der Waals surface area contributed by atoms with E-state index in [1.54, 1.807) is 0 Å². The molecule has 1 saturated heterocycles. The molecular formula is C12H20F3NO. The molecule has 0 radical (unpaired) electrons. The Bertz CT molecular complexity index is 273. The van der Waals surface area contributed by atoms with Gasteiger partial charge in [0.05, 0.1) is 18.1 Å². The van der Waals surface area contributed by atoms with Crippen LogP contribution in [-0.2, 0) is 4.74 Å². The molecule has 0 unspecified atom stereocenters. The lowest BCUT2D eigenvalue weighted by molar-refractivity contribution is -0.199. The van der Waals surface area contributed by atoms with Crippen LogP contribution in [0.5, 0.6) is 0 Å². The smallest absolute Gasteiger partial charge is 0.375 e. The highest BCUT2D eigenvalue weighted by Crippen LogP contribution is 2.49. The van der Waals surface area contributed by atoms with Crippen LogP contribution in [0.1, 0.15) is 26.7 Å². The van der Waals surface area contributed by atoms with Crippen LogP contribution in [0.15, 0.2) is 0 Å². The molecule has 0 bridgehead atoms. The van der Waals surface area contributed by atoms with Crippen molar-refractivity contribution in [1.82, 2.24) is 0 Å². The maximum Gasteiger partial charge on any atom is 0.391 e. The van der Waals surface area contributed by atoms with Gasteiger partial charge in [-0.1, -0.05) is 6.92 Å². The zero-order valence-electron chi connectivity index (χ0n) is 10.2. The summed E-state index contributed by atoms with van der Waals surface area (Å²) < 4.78 is 44.1. The van der Waals surface area contributed by atoms with Gasteiger partial charge in [0.15, 0.2) is 0 Å². The first-order valence-corrected chi connectivity index (χ1v) is 6.26. The van der Waals surface area contributed by atoms with Gasteiger partial charge >= 0.3 is 6.18 Å². The minimum absolute atomic E-state index is 0.0473. The Hall–Kier alpha value is -0.290. The van der Waals surface area contributed by atoms with Gasteiger partial charge in [-0.3, -0.25) is 0 Å². The molecule has 2 rings (SSSR count). The van der Waals surface area contributed by atoms with Crippen molar-refractivity contribution >= 4 is 0 Å². The van der Waals surface area contributed by atoms with Crippen molar-refractivity contribution in [3.05, 3.63) is 0 Å². The molecule has 1 heterocycles. The van der Waals surface area contributed by atoms with Gasteiger partial charge in [0.25, 0.3) is 0 Å². The Balaban J connectivity index is 2.16. The van der Waals surface area contributed by atoms with E-state index >= 15 is 0 Å². The molecule has 17 heavy (non-hydrogen) atoms. The van der Waals surface area contributed by atoms with E-state index in [2.05, 4.69) is 6.92 Å². The average Bonchev–Trinajstić information content (AvgIpc) is 2.52. The Morgan fingerprint density at radius 1 is 1.24 bits per heavy atom. The largest absolute Gasteiger partial charge is 0.391 e. The minimum Gasteiger partial charge on any atom is -0.375 e. The number of alkyl halides is 3. The van der Waals surface area contributed by atoms with E-state index in [9.17, 15) is 13.2 Å². The standard InChI is InChI=1S/C12H20F3NO/c1-6-7(2)17-10-4-9(12(13,14)15)3-8(5-16)11(6)10/h6-11H,3-5,16H2,1-2H3/t6-,7-,8+,9+,10-,11+/m1/s1. The predicted octanol–water partition coefficient (Wildman–Crippen LogP) is 2.57. The number of rotatable bonds is 1. The summed E-state index contributed by atoms with van der Waals surface area (Å²) in [5, 5.41) is 0. The summed E-state index contributed by atoms with van der Waals surface area (Å²) in [5.41, 5.74) is 5.65. The maximum absolute atomic E-state index is 12.8. The maximum atomic E-state index is 12.8. The van der Waals surface area contributed by atoms with Gasteiger partial charge in [-0.2, -0.15) is 13.2 Å². The van der Waals surface area contributed by atoms with E-state index in [0.717, 1.165) is 0 Å². The Morgan fingerprint density at radius 3 is 2.41 bits per heavy atom. The number of ether oxygens (including phenoxy) is 1. The van der Waals surface area contributed by atoms with Crippen molar-refractivity contribution in [2.75, 3.05) is 6.54 Å². The fourth-order valence-electron chi connectivity index (χ4n) is 3.51. The SMILES string of the molecule is C[C@H]1[C@H]2[C@H](CN)C[C@H](C(F)(F)F)C[C@H]2O[C@@H]1C. The quantitative estimate of drug-likeness (QED) is 0.777. The van der Waals surface area contributed by atoms with Crippen LogP contribution in [0.3, 0.4) is 0 Å².